The summed E-state index contributed by atoms with van der Waals surface area (Å²) in [4.78, 5) is 14.1. The number of benzene rings is 2. The van der Waals surface area contributed by atoms with Gasteiger partial charge in [0.1, 0.15) is 12.3 Å². The molecule has 0 bridgehead atoms. The molecule has 0 spiro atoms. The molecule has 134 valence electrons. The van der Waals surface area contributed by atoms with Gasteiger partial charge < -0.3 is 14.7 Å². The molecule has 4 nitrogen and oxygen atoms in total. The smallest absolute Gasteiger partial charge is 0.231 e. The van der Waals surface area contributed by atoms with Crippen LogP contribution < -0.4 is 14.7 Å². The third-order valence-electron chi connectivity index (χ3n) is 5.32. The zero-order valence-electron chi connectivity index (χ0n) is 15.0. The van der Waals surface area contributed by atoms with Gasteiger partial charge in [-0.05, 0) is 29.7 Å². The molecule has 0 aliphatic carbocycles. The van der Waals surface area contributed by atoms with Crippen LogP contribution in [0.2, 0.25) is 0 Å². The zero-order valence-corrected chi connectivity index (χ0v) is 15.0. The Morgan fingerprint density at radius 1 is 1.12 bits per heavy atom. The summed E-state index contributed by atoms with van der Waals surface area (Å²) in [5.74, 6) is 0.590. The van der Waals surface area contributed by atoms with Crippen molar-refractivity contribution in [2.45, 2.75) is 32.7 Å². The minimum atomic E-state index is -0.141. The molecule has 0 unspecified atom stereocenters. The summed E-state index contributed by atoms with van der Waals surface area (Å²) < 4.78 is 5.90. The van der Waals surface area contributed by atoms with Crippen LogP contribution in [0, 0.1) is 0 Å². The molecule has 2 heterocycles. The van der Waals surface area contributed by atoms with Crippen molar-refractivity contribution in [2.24, 2.45) is 0 Å². The highest BCUT2D eigenvalue weighted by Gasteiger charge is 2.31. The van der Waals surface area contributed by atoms with E-state index in [2.05, 4.69) is 19.1 Å². The highest BCUT2D eigenvalue weighted by Crippen LogP contribution is 2.38. The predicted octanol–water partition coefficient (Wildman–Crippen LogP) is 2.12. The van der Waals surface area contributed by atoms with Crippen LogP contribution in [-0.4, -0.2) is 18.9 Å². The molecule has 1 fully saturated rings. The second-order valence-corrected chi connectivity index (χ2v) is 7.09. The van der Waals surface area contributed by atoms with E-state index in [4.69, 9.17) is 4.74 Å². The Hall–Kier alpha value is -2.59. The molecule has 0 amide bonds. The number of aryl methyl sites for hydroxylation is 1. The van der Waals surface area contributed by atoms with E-state index >= 15 is 0 Å². The molecule has 2 aliphatic heterocycles. The Kier molecular flexibility index (Phi) is 4.51. The molecule has 26 heavy (non-hydrogen) atoms. The summed E-state index contributed by atoms with van der Waals surface area (Å²) in [6.45, 7) is 4.89. The number of Topliss-reactive ketones (excluding diaryl/α,β-unsaturated/α-hetero) is 1. The van der Waals surface area contributed by atoms with Gasteiger partial charge in [0, 0.05) is 18.4 Å². The number of rotatable bonds is 4. The number of ether oxygens (including phenoxy) is 1. The number of allylic oxidation sites excluding steroid dienone is 1. The molecule has 0 atom stereocenters. The van der Waals surface area contributed by atoms with Gasteiger partial charge in [0.05, 0.1) is 18.7 Å². The maximum absolute atomic E-state index is 12.7. The Balaban J connectivity index is 1.64. The van der Waals surface area contributed by atoms with Crippen LogP contribution in [0.5, 0.6) is 11.5 Å². The van der Waals surface area contributed by atoms with Gasteiger partial charge in [-0.15, -0.1) is 0 Å². The van der Waals surface area contributed by atoms with E-state index in [1.54, 1.807) is 12.1 Å². The van der Waals surface area contributed by atoms with E-state index < -0.39 is 0 Å². The van der Waals surface area contributed by atoms with Crippen LogP contribution in [0.3, 0.4) is 0 Å². The lowest BCUT2D eigenvalue weighted by molar-refractivity contribution is -0.901. The minimum absolute atomic E-state index is 0.0375. The summed E-state index contributed by atoms with van der Waals surface area (Å²) in [7, 11) is 0. The van der Waals surface area contributed by atoms with Crippen molar-refractivity contribution in [1.29, 1.82) is 0 Å². The zero-order chi connectivity index (χ0) is 18.1. The largest absolute Gasteiger partial charge is 0.872 e. The second kappa shape index (κ2) is 6.96. The van der Waals surface area contributed by atoms with Gasteiger partial charge in [-0.3, -0.25) is 4.79 Å². The predicted molar refractivity (Wildman–Crippen MR) is 98.3 cm³/mol. The SMILES string of the molecule is CCc1ccc(/C=C2\Oc3c(ccc([O-])c3C[NH+]3CCCC3)C2=O)cc1. The summed E-state index contributed by atoms with van der Waals surface area (Å²) in [6, 6.07) is 11.2. The van der Waals surface area contributed by atoms with Crippen LogP contribution in [0.25, 0.3) is 6.08 Å². The number of hydrogen-bond acceptors (Lipinski definition) is 3. The number of likely N-dealkylation sites (tertiary alicyclic amines) is 1. The third kappa shape index (κ3) is 3.13. The number of carbonyl (C=O) groups is 1. The van der Waals surface area contributed by atoms with Crippen molar-refractivity contribution in [3.63, 3.8) is 0 Å². The molecule has 4 heteroatoms. The number of hydrogen-bond donors (Lipinski definition) is 1. The fourth-order valence-electron chi connectivity index (χ4n) is 3.76. The lowest BCUT2D eigenvalue weighted by atomic mass is 10.0. The van der Waals surface area contributed by atoms with E-state index in [1.165, 1.54) is 29.4 Å². The monoisotopic (exact) mass is 349 g/mol. The molecule has 0 aromatic heterocycles. The van der Waals surface area contributed by atoms with Crippen molar-refractivity contribution < 1.29 is 19.5 Å². The molecule has 1 N–H and O–H groups in total. The fourth-order valence-corrected chi connectivity index (χ4v) is 3.76. The maximum Gasteiger partial charge on any atom is 0.231 e. The first-order valence-electron chi connectivity index (χ1n) is 9.35. The average molecular weight is 349 g/mol. The maximum atomic E-state index is 12.7. The molecular formula is C22H23NO3. The van der Waals surface area contributed by atoms with Gasteiger partial charge in [-0.2, -0.15) is 0 Å². The summed E-state index contributed by atoms with van der Waals surface area (Å²) >= 11 is 0. The van der Waals surface area contributed by atoms with E-state index in [0.717, 1.165) is 25.1 Å². The Morgan fingerprint density at radius 2 is 1.85 bits per heavy atom. The van der Waals surface area contributed by atoms with Crippen molar-refractivity contribution in [1.82, 2.24) is 0 Å². The molecule has 0 saturated carbocycles. The second-order valence-electron chi connectivity index (χ2n) is 7.09. The van der Waals surface area contributed by atoms with Crippen LogP contribution in [0.1, 0.15) is 46.8 Å². The number of nitrogens with one attached hydrogen (secondary N) is 1. The van der Waals surface area contributed by atoms with E-state index in [1.807, 2.05) is 12.1 Å². The molecule has 0 radical (unpaired) electrons. The van der Waals surface area contributed by atoms with Gasteiger partial charge in [0.15, 0.2) is 5.76 Å². The molecule has 1 saturated heterocycles. The molecule has 2 aromatic carbocycles. The van der Waals surface area contributed by atoms with Gasteiger partial charge in [-0.1, -0.05) is 43.0 Å². The van der Waals surface area contributed by atoms with Crippen molar-refractivity contribution in [3.05, 3.63) is 64.4 Å². The Bertz CT molecular complexity index is 862. The summed E-state index contributed by atoms with van der Waals surface area (Å²) in [5, 5.41) is 12.4. The number of ketones is 1. The lowest BCUT2D eigenvalue weighted by Crippen LogP contribution is -3.08. The number of fused-ring (bicyclic) bond motifs is 1. The normalized spacial score (nSPS) is 18.3. The Morgan fingerprint density at radius 3 is 2.54 bits per heavy atom. The van der Waals surface area contributed by atoms with Crippen LogP contribution >= 0.6 is 0 Å². The van der Waals surface area contributed by atoms with Crippen LogP contribution in [-0.2, 0) is 13.0 Å². The van der Waals surface area contributed by atoms with E-state index in [0.29, 0.717) is 29.2 Å². The van der Waals surface area contributed by atoms with E-state index in [9.17, 15) is 9.90 Å². The van der Waals surface area contributed by atoms with Gasteiger partial charge in [-0.25, -0.2) is 0 Å². The van der Waals surface area contributed by atoms with E-state index in [-0.39, 0.29) is 11.5 Å². The van der Waals surface area contributed by atoms with Gasteiger partial charge in [0.25, 0.3) is 0 Å². The average Bonchev–Trinajstić information content (AvgIpc) is 3.27. The minimum Gasteiger partial charge on any atom is -0.872 e. The standard InChI is InChI=1S/C22H23NO3/c1-2-15-5-7-16(8-6-15)13-20-21(25)17-9-10-19(24)18(22(17)26-20)14-23-11-3-4-12-23/h5-10,13,24H,2-4,11-12,14H2,1H3/b20-13-. The highest BCUT2D eigenvalue weighted by molar-refractivity contribution is 6.14. The third-order valence-corrected chi connectivity index (χ3v) is 5.32. The topological polar surface area (TPSA) is 53.8 Å². The first-order chi connectivity index (χ1) is 12.7. The van der Waals surface area contributed by atoms with Gasteiger partial charge >= 0.3 is 0 Å². The fraction of sp³-hybridized carbons (Fsp3) is 0.318. The molecule has 2 aromatic rings. The molecule has 2 aliphatic rings. The number of carbonyl (C=O) groups excluding carboxylic acids is 1. The first kappa shape index (κ1) is 16.9. The first-order valence-corrected chi connectivity index (χ1v) is 9.35. The summed E-state index contributed by atoms with van der Waals surface area (Å²) in [5.41, 5.74) is 3.32. The number of quaternary nitrogens is 1. The lowest BCUT2D eigenvalue weighted by Gasteiger charge is -2.19. The highest BCUT2D eigenvalue weighted by atomic mass is 16.5. The van der Waals surface area contributed by atoms with Crippen LogP contribution in [0.15, 0.2) is 42.2 Å². The molecule has 4 rings (SSSR count). The van der Waals surface area contributed by atoms with Crippen molar-refractivity contribution >= 4 is 11.9 Å². The van der Waals surface area contributed by atoms with Crippen molar-refractivity contribution in [3.8, 4) is 11.5 Å². The van der Waals surface area contributed by atoms with Crippen LogP contribution in [0.4, 0.5) is 0 Å². The Labute approximate surface area is 153 Å². The van der Waals surface area contributed by atoms with Crippen molar-refractivity contribution in [2.75, 3.05) is 13.1 Å². The molecular weight excluding hydrogens is 326 g/mol. The summed E-state index contributed by atoms with van der Waals surface area (Å²) in [6.07, 6.45) is 5.12. The quantitative estimate of drug-likeness (QED) is 0.861. The van der Waals surface area contributed by atoms with Gasteiger partial charge in [0.2, 0.25) is 5.78 Å².